The van der Waals surface area contributed by atoms with Crippen molar-refractivity contribution < 1.29 is 18.2 Å². The average Bonchev–Trinajstić information content (AvgIpc) is 1.85. The first-order chi connectivity index (χ1) is 5.08. The van der Waals surface area contributed by atoms with Gasteiger partial charge in [-0.15, -0.1) is 4.20 Å². The normalized spacial score (nSPS) is 15.5. The van der Waals surface area contributed by atoms with Crippen molar-refractivity contribution in [3.8, 4) is 5.75 Å². The van der Waals surface area contributed by atoms with Crippen molar-refractivity contribution in [3.63, 3.8) is 0 Å². The van der Waals surface area contributed by atoms with E-state index in [4.69, 9.17) is 4.89 Å². The van der Waals surface area contributed by atoms with Crippen molar-refractivity contribution in [2.24, 2.45) is 0 Å². The molecule has 0 saturated carbocycles. The van der Waals surface area contributed by atoms with Gasteiger partial charge in [0.05, 0.1) is 0 Å². The second-order valence-electron chi connectivity index (χ2n) is 1.86. The fourth-order valence-corrected chi connectivity index (χ4v) is 0.993. The zero-order valence-corrected chi connectivity index (χ0v) is 6.37. The fourth-order valence-electron chi connectivity index (χ4n) is 0.611. The first-order valence-electron chi connectivity index (χ1n) is 2.85. The highest BCUT2D eigenvalue weighted by atomic mass is 31.2. The van der Waals surface area contributed by atoms with Crippen molar-refractivity contribution in [1.82, 2.24) is 0 Å². The molecule has 0 saturated heterocycles. The van der Waals surface area contributed by atoms with Gasteiger partial charge >= 0.3 is 7.91 Å². The van der Waals surface area contributed by atoms with E-state index in [9.17, 15) is 8.76 Å². The molecule has 0 radical (unpaired) electrons. The zero-order chi connectivity index (χ0) is 8.32. The molecular formula is C6H6FO3P. The van der Waals surface area contributed by atoms with Crippen LogP contribution in [0.1, 0.15) is 0 Å². The lowest BCUT2D eigenvalue weighted by atomic mass is 10.3. The Balaban J connectivity index is 2.74. The molecule has 1 unspecified atom stereocenters. The van der Waals surface area contributed by atoms with Crippen LogP contribution in [0.15, 0.2) is 30.3 Å². The van der Waals surface area contributed by atoms with Crippen LogP contribution < -0.4 is 4.52 Å². The van der Waals surface area contributed by atoms with E-state index in [2.05, 4.69) is 4.52 Å². The zero-order valence-electron chi connectivity index (χ0n) is 5.48. The Morgan fingerprint density at radius 3 is 2.36 bits per heavy atom. The van der Waals surface area contributed by atoms with Crippen LogP contribution in [-0.2, 0) is 4.57 Å². The largest absolute Gasteiger partial charge is 0.567 e. The van der Waals surface area contributed by atoms with E-state index in [1.165, 1.54) is 12.1 Å². The summed E-state index contributed by atoms with van der Waals surface area (Å²) in [7, 11) is -4.89. The summed E-state index contributed by atoms with van der Waals surface area (Å²) in [6.45, 7) is 0. The number of rotatable bonds is 2. The van der Waals surface area contributed by atoms with Gasteiger partial charge in [-0.25, -0.2) is 4.57 Å². The van der Waals surface area contributed by atoms with Gasteiger partial charge in [0.1, 0.15) is 5.75 Å². The van der Waals surface area contributed by atoms with Gasteiger partial charge in [-0.2, -0.15) is 0 Å². The van der Waals surface area contributed by atoms with Crippen molar-refractivity contribution in [2.45, 2.75) is 0 Å². The maximum Gasteiger partial charge on any atom is 0.567 e. The Kier molecular flexibility index (Phi) is 2.27. The van der Waals surface area contributed by atoms with Crippen LogP contribution in [0.4, 0.5) is 4.20 Å². The first kappa shape index (κ1) is 8.24. The minimum Gasteiger partial charge on any atom is -0.401 e. The molecule has 0 aliphatic rings. The Morgan fingerprint density at radius 2 is 1.91 bits per heavy atom. The molecule has 11 heavy (non-hydrogen) atoms. The van der Waals surface area contributed by atoms with E-state index in [-0.39, 0.29) is 5.75 Å². The first-order valence-corrected chi connectivity index (χ1v) is 4.32. The number of halogens is 1. The van der Waals surface area contributed by atoms with Gasteiger partial charge in [0, 0.05) is 0 Å². The molecule has 0 aliphatic heterocycles. The van der Waals surface area contributed by atoms with Gasteiger partial charge in [0.25, 0.3) is 0 Å². The third-order valence-corrected chi connectivity index (χ3v) is 1.40. The van der Waals surface area contributed by atoms with Gasteiger partial charge in [-0.1, -0.05) is 18.2 Å². The molecule has 1 rings (SSSR count). The third-order valence-electron chi connectivity index (χ3n) is 0.961. The molecule has 1 N–H and O–H groups in total. The summed E-state index contributed by atoms with van der Waals surface area (Å²) in [6.07, 6.45) is 0. The molecule has 0 bridgehead atoms. The molecule has 5 heteroatoms. The van der Waals surface area contributed by atoms with E-state index in [0.717, 1.165) is 0 Å². The minimum absolute atomic E-state index is 0.0424. The molecule has 0 aromatic heterocycles. The van der Waals surface area contributed by atoms with Gasteiger partial charge in [0.2, 0.25) is 0 Å². The fraction of sp³-hybridized carbons (Fsp3) is 0. The maximum atomic E-state index is 12.0. The number of hydrogen-bond donors (Lipinski definition) is 1. The molecule has 1 aromatic rings. The summed E-state index contributed by atoms with van der Waals surface area (Å²) < 4.78 is 26.1. The van der Waals surface area contributed by atoms with Gasteiger partial charge in [-0.3, -0.25) is 4.89 Å². The molecule has 3 nitrogen and oxygen atoms in total. The van der Waals surface area contributed by atoms with Crippen LogP contribution >= 0.6 is 7.91 Å². The van der Waals surface area contributed by atoms with E-state index in [1.807, 2.05) is 0 Å². The topological polar surface area (TPSA) is 46.5 Å². The summed E-state index contributed by atoms with van der Waals surface area (Å²) in [6, 6.07) is 7.62. The van der Waals surface area contributed by atoms with E-state index in [1.54, 1.807) is 18.2 Å². The molecular weight excluding hydrogens is 170 g/mol. The number of benzene rings is 1. The summed E-state index contributed by atoms with van der Waals surface area (Å²) in [4.78, 5) is 8.14. The summed E-state index contributed by atoms with van der Waals surface area (Å²) in [5, 5.41) is 0. The predicted octanol–water partition coefficient (Wildman–Crippen LogP) is 2.14. The number of hydrogen-bond acceptors (Lipinski definition) is 2. The summed E-state index contributed by atoms with van der Waals surface area (Å²) in [5.74, 6) is 0.0424. The predicted molar refractivity (Wildman–Crippen MR) is 38.0 cm³/mol. The Morgan fingerprint density at radius 1 is 1.36 bits per heavy atom. The smallest absolute Gasteiger partial charge is 0.401 e. The van der Waals surface area contributed by atoms with Gasteiger partial charge in [0.15, 0.2) is 0 Å². The molecule has 1 aromatic carbocycles. The molecule has 0 fully saturated rings. The van der Waals surface area contributed by atoms with Crippen LogP contribution in [0.3, 0.4) is 0 Å². The van der Waals surface area contributed by atoms with Crippen molar-refractivity contribution in [3.05, 3.63) is 30.3 Å². The van der Waals surface area contributed by atoms with Crippen molar-refractivity contribution >= 4 is 7.91 Å². The summed E-state index contributed by atoms with van der Waals surface area (Å²) >= 11 is 0. The number of para-hydroxylation sites is 1. The SMILES string of the molecule is O=P(O)(F)Oc1ccccc1. The molecule has 1 atom stereocenters. The monoisotopic (exact) mass is 176 g/mol. The molecule has 0 aliphatic carbocycles. The van der Waals surface area contributed by atoms with Crippen LogP contribution in [0.2, 0.25) is 0 Å². The van der Waals surface area contributed by atoms with Gasteiger partial charge in [-0.05, 0) is 12.1 Å². The van der Waals surface area contributed by atoms with Crippen LogP contribution in [0.5, 0.6) is 5.75 Å². The molecule has 60 valence electrons. The summed E-state index contributed by atoms with van der Waals surface area (Å²) in [5.41, 5.74) is 0. The Bertz CT molecular complexity index is 268. The highest BCUT2D eigenvalue weighted by molar-refractivity contribution is 7.47. The van der Waals surface area contributed by atoms with Crippen LogP contribution in [0, 0.1) is 0 Å². The quantitative estimate of drug-likeness (QED) is 0.702. The average molecular weight is 176 g/mol. The second kappa shape index (κ2) is 3.03. The Hall–Kier alpha value is -0.860. The highest BCUT2D eigenvalue weighted by Gasteiger charge is 2.18. The Labute approximate surface area is 63.1 Å². The van der Waals surface area contributed by atoms with Crippen LogP contribution in [0.25, 0.3) is 0 Å². The van der Waals surface area contributed by atoms with Crippen LogP contribution in [-0.4, -0.2) is 4.89 Å². The molecule has 0 heterocycles. The van der Waals surface area contributed by atoms with Crippen molar-refractivity contribution in [1.29, 1.82) is 0 Å². The van der Waals surface area contributed by atoms with E-state index in [0.29, 0.717) is 0 Å². The highest BCUT2D eigenvalue weighted by Crippen LogP contribution is 2.43. The van der Waals surface area contributed by atoms with Crippen molar-refractivity contribution in [2.75, 3.05) is 0 Å². The van der Waals surface area contributed by atoms with E-state index < -0.39 is 7.91 Å². The second-order valence-corrected chi connectivity index (χ2v) is 2.94. The standard InChI is InChI=1S/C6H6FO3P/c7-11(8,9)10-6-4-2-1-3-5-6/h1-5H,(H,8,9). The maximum absolute atomic E-state index is 12.0. The molecule has 0 amide bonds. The lowest BCUT2D eigenvalue weighted by Gasteiger charge is -2.02. The minimum atomic E-state index is -4.89. The lowest BCUT2D eigenvalue weighted by Crippen LogP contribution is -1.84. The molecule has 0 spiro atoms. The van der Waals surface area contributed by atoms with Gasteiger partial charge < -0.3 is 4.52 Å². The third kappa shape index (κ3) is 3.16. The lowest BCUT2D eigenvalue weighted by molar-refractivity contribution is 0.330. The van der Waals surface area contributed by atoms with E-state index >= 15 is 0 Å².